The minimum atomic E-state index is -0.558. The Morgan fingerprint density at radius 1 is 1.16 bits per heavy atom. The number of methoxy groups -OCH3 is 1. The lowest BCUT2D eigenvalue weighted by atomic mass is 10.2. The molecule has 0 N–H and O–H groups in total. The average Bonchev–Trinajstić information content (AvgIpc) is 2.43. The Balaban J connectivity index is 2.44. The Morgan fingerprint density at radius 2 is 1.84 bits per heavy atom. The van der Waals surface area contributed by atoms with Crippen molar-refractivity contribution in [3.05, 3.63) is 35.9 Å². The topological polar surface area (TPSA) is 54.0 Å². The molecule has 0 amide bonds. The molecule has 0 saturated carbocycles. The summed E-state index contributed by atoms with van der Waals surface area (Å²) in [5, 5.41) is 0. The van der Waals surface area contributed by atoms with Crippen molar-refractivity contribution in [3.8, 4) is 5.75 Å². The zero-order chi connectivity index (χ0) is 14.1. The summed E-state index contributed by atoms with van der Waals surface area (Å²) in [6.07, 6.45) is 1.41. The van der Waals surface area contributed by atoms with Crippen LogP contribution in [0.5, 0.6) is 5.75 Å². The van der Waals surface area contributed by atoms with Gasteiger partial charge in [0.05, 0.1) is 18.8 Å². The molecule has 0 aliphatic heterocycles. The number of hydrogen-bond acceptors (Lipinski definition) is 5. The van der Waals surface area contributed by atoms with Crippen molar-refractivity contribution >= 4 is 5.97 Å². The van der Waals surface area contributed by atoms with E-state index < -0.39 is 5.97 Å². The molecule has 0 aliphatic rings. The quantitative estimate of drug-likeness (QED) is 0.535. The van der Waals surface area contributed by atoms with E-state index in [4.69, 9.17) is 14.4 Å². The molecule has 0 spiro atoms. The zero-order valence-electron chi connectivity index (χ0n) is 11.5. The van der Waals surface area contributed by atoms with Gasteiger partial charge in [-0.3, -0.25) is 4.89 Å². The van der Waals surface area contributed by atoms with Gasteiger partial charge in [0.15, 0.2) is 6.10 Å². The second-order valence-electron chi connectivity index (χ2n) is 3.96. The highest BCUT2D eigenvalue weighted by Gasteiger charge is 2.12. The molecular formula is C14H19O5. The Labute approximate surface area is 113 Å². The highest BCUT2D eigenvalue weighted by molar-refractivity contribution is 5.89. The summed E-state index contributed by atoms with van der Waals surface area (Å²) in [6.45, 7) is 4.62. The van der Waals surface area contributed by atoms with E-state index in [-0.39, 0.29) is 6.61 Å². The summed E-state index contributed by atoms with van der Waals surface area (Å²) in [4.78, 5) is 21.1. The van der Waals surface area contributed by atoms with Crippen LogP contribution in [0, 0.1) is 6.10 Å². The van der Waals surface area contributed by atoms with Crippen LogP contribution in [0.1, 0.15) is 30.6 Å². The van der Waals surface area contributed by atoms with Gasteiger partial charge in [0.1, 0.15) is 5.75 Å². The number of benzene rings is 1. The van der Waals surface area contributed by atoms with E-state index >= 15 is 0 Å². The predicted octanol–water partition coefficient (Wildman–Crippen LogP) is 2.76. The van der Waals surface area contributed by atoms with Crippen molar-refractivity contribution in [2.45, 2.75) is 20.3 Å². The maximum absolute atomic E-state index is 11.6. The summed E-state index contributed by atoms with van der Waals surface area (Å²) in [5.41, 5.74) is 0.397. The molecule has 19 heavy (non-hydrogen) atoms. The first-order chi connectivity index (χ1) is 9.17. The lowest BCUT2D eigenvalue weighted by molar-refractivity contribution is -0.237. The van der Waals surface area contributed by atoms with Crippen molar-refractivity contribution in [1.82, 2.24) is 0 Å². The molecule has 0 aliphatic carbocycles. The van der Waals surface area contributed by atoms with E-state index in [1.54, 1.807) is 31.2 Å². The van der Waals surface area contributed by atoms with Gasteiger partial charge in [-0.05, 0) is 37.6 Å². The fourth-order valence-corrected chi connectivity index (χ4v) is 1.29. The van der Waals surface area contributed by atoms with E-state index in [1.807, 2.05) is 6.92 Å². The zero-order valence-corrected chi connectivity index (χ0v) is 11.5. The standard InChI is InChI=1S/C14H19O5/c1-4-9-17-13-7-5-12(6-8-13)14(15)19-18-11(2)10-16-3/h5-8H,4,9-10H2,1-3H3. The molecule has 1 rings (SSSR count). The summed E-state index contributed by atoms with van der Waals surface area (Å²) in [5.74, 6) is 0.166. The lowest BCUT2D eigenvalue weighted by Crippen LogP contribution is -2.11. The molecular weight excluding hydrogens is 248 g/mol. The van der Waals surface area contributed by atoms with Crippen LogP contribution in [-0.4, -0.2) is 26.3 Å². The maximum atomic E-state index is 11.6. The van der Waals surface area contributed by atoms with Crippen molar-refractivity contribution < 1.29 is 24.0 Å². The number of carbonyl (C=O) groups excluding carboxylic acids is 1. The van der Waals surface area contributed by atoms with E-state index in [1.165, 1.54) is 7.11 Å². The Morgan fingerprint density at radius 3 is 2.42 bits per heavy atom. The van der Waals surface area contributed by atoms with Crippen molar-refractivity contribution in [3.63, 3.8) is 0 Å². The predicted molar refractivity (Wildman–Crippen MR) is 69.5 cm³/mol. The molecule has 0 aromatic heterocycles. The van der Waals surface area contributed by atoms with Crippen LogP contribution in [0.4, 0.5) is 0 Å². The van der Waals surface area contributed by atoms with Gasteiger partial charge < -0.3 is 9.47 Å². The van der Waals surface area contributed by atoms with Crippen LogP contribution in [-0.2, 0) is 14.5 Å². The van der Waals surface area contributed by atoms with E-state index in [0.29, 0.717) is 18.3 Å². The Bertz CT molecular complexity index is 374. The number of ether oxygens (including phenoxy) is 2. The molecule has 0 saturated heterocycles. The summed E-state index contributed by atoms with van der Waals surface area (Å²) in [7, 11) is 1.53. The minimum absolute atomic E-state index is 0.275. The number of hydrogen-bond donors (Lipinski definition) is 0. The number of rotatable bonds is 8. The van der Waals surface area contributed by atoms with Crippen molar-refractivity contribution in [1.29, 1.82) is 0 Å². The molecule has 0 bridgehead atoms. The average molecular weight is 267 g/mol. The first-order valence-electron chi connectivity index (χ1n) is 6.10. The minimum Gasteiger partial charge on any atom is -0.494 e. The molecule has 1 aromatic rings. The fourth-order valence-electron chi connectivity index (χ4n) is 1.29. The second kappa shape index (κ2) is 8.50. The van der Waals surface area contributed by atoms with Gasteiger partial charge in [0.2, 0.25) is 0 Å². The Hall–Kier alpha value is -1.59. The van der Waals surface area contributed by atoms with Gasteiger partial charge in [-0.2, -0.15) is 4.89 Å². The van der Waals surface area contributed by atoms with Gasteiger partial charge in [-0.15, -0.1) is 0 Å². The highest BCUT2D eigenvalue weighted by atomic mass is 17.2. The van der Waals surface area contributed by atoms with E-state index in [0.717, 1.165) is 12.2 Å². The first kappa shape index (κ1) is 15.5. The molecule has 5 nitrogen and oxygen atoms in total. The van der Waals surface area contributed by atoms with Crippen LogP contribution in [0.25, 0.3) is 0 Å². The Kier molecular flexibility index (Phi) is 6.92. The maximum Gasteiger partial charge on any atom is 0.373 e. The van der Waals surface area contributed by atoms with Gasteiger partial charge in [0.25, 0.3) is 0 Å². The molecule has 5 heteroatoms. The molecule has 1 radical (unpaired) electrons. The molecule has 0 unspecified atom stereocenters. The van der Waals surface area contributed by atoms with Crippen LogP contribution < -0.4 is 4.74 Å². The summed E-state index contributed by atoms with van der Waals surface area (Å²) in [6, 6.07) is 6.70. The van der Waals surface area contributed by atoms with Crippen molar-refractivity contribution in [2.75, 3.05) is 20.3 Å². The largest absolute Gasteiger partial charge is 0.494 e. The SMILES string of the molecule is CCCOc1ccc(C(=O)OO[C](C)COC)cc1. The lowest BCUT2D eigenvalue weighted by Gasteiger charge is -2.09. The van der Waals surface area contributed by atoms with Gasteiger partial charge in [-0.25, -0.2) is 4.79 Å². The van der Waals surface area contributed by atoms with E-state index in [9.17, 15) is 4.79 Å². The highest BCUT2D eigenvalue weighted by Crippen LogP contribution is 2.14. The second-order valence-corrected chi connectivity index (χ2v) is 3.96. The molecule has 1 aromatic carbocycles. The van der Waals surface area contributed by atoms with Crippen LogP contribution in [0.15, 0.2) is 24.3 Å². The molecule has 0 heterocycles. The van der Waals surface area contributed by atoms with Gasteiger partial charge in [0, 0.05) is 7.11 Å². The normalized spacial score (nSPS) is 10.5. The van der Waals surface area contributed by atoms with Gasteiger partial charge >= 0.3 is 5.97 Å². The molecule has 0 fully saturated rings. The fraction of sp³-hybridized carbons (Fsp3) is 0.429. The monoisotopic (exact) mass is 267 g/mol. The summed E-state index contributed by atoms with van der Waals surface area (Å²) < 4.78 is 10.2. The smallest absolute Gasteiger partial charge is 0.373 e. The number of carbonyl (C=O) groups is 1. The molecule has 0 atom stereocenters. The summed E-state index contributed by atoms with van der Waals surface area (Å²) >= 11 is 0. The third kappa shape index (κ3) is 5.72. The van der Waals surface area contributed by atoms with Crippen LogP contribution in [0.2, 0.25) is 0 Å². The van der Waals surface area contributed by atoms with Crippen LogP contribution >= 0.6 is 0 Å². The third-order valence-electron chi connectivity index (χ3n) is 2.17. The third-order valence-corrected chi connectivity index (χ3v) is 2.17. The molecule has 105 valence electrons. The van der Waals surface area contributed by atoms with Crippen molar-refractivity contribution in [2.24, 2.45) is 0 Å². The van der Waals surface area contributed by atoms with Crippen LogP contribution in [0.3, 0.4) is 0 Å². The first-order valence-corrected chi connectivity index (χ1v) is 6.10. The van der Waals surface area contributed by atoms with E-state index in [2.05, 4.69) is 4.89 Å². The van der Waals surface area contributed by atoms with Gasteiger partial charge in [-0.1, -0.05) is 6.92 Å².